The van der Waals surface area contributed by atoms with Crippen LogP contribution in [0.4, 0.5) is 15.9 Å². The van der Waals surface area contributed by atoms with E-state index in [4.69, 9.17) is 5.14 Å². The van der Waals surface area contributed by atoms with Crippen LogP contribution in [-0.2, 0) is 10.0 Å². The van der Waals surface area contributed by atoms with E-state index in [1.165, 1.54) is 12.1 Å². The molecule has 0 unspecified atom stereocenters. The first-order valence-electron chi connectivity index (χ1n) is 7.19. The van der Waals surface area contributed by atoms with E-state index in [9.17, 15) is 12.8 Å². The highest BCUT2D eigenvalue weighted by Crippen LogP contribution is 2.25. The van der Waals surface area contributed by atoms with Gasteiger partial charge in [0, 0.05) is 26.2 Å². The Balaban J connectivity index is 1.78. The molecule has 2 aromatic rings. The first-order chi connectivity index (χ1) is 10.9. The van der Waals surface area contributed by atoms with Crippen molar-refractivity contribution >= 4 is 21.5 Å². The third-order valence-electron chi connectivity index (χ3n) is 3.82. The molecule has 1 aliphatic heterocycles. The summed E-state index contributed by atoms with van der Waals surface area (Å²) in [4.78, 5) is 7.94. The zero-order valence-electron chi connectivity index (χ0n) is 12.4. The molecule has 1 saturated heterocycles. The molecule has 8 heteroatoms. The molecule has 1 aliphatic rings. The van der Waals surface area contributed by atoms with Crippen LogP contribution in [-0.4, -0.2) is 39.6 Å². The van der Waals surface area contributed by atoms with E-state index >= 15 is 0 Å². The van der Waals surface area contributed by atoms with Gasteiger partial charge in [0.05, 0.1) is 5.69 Å². The minimum absolute atomic E-state index is 0.123. The highest BCUT2D eigenvalue weighted by atomic mass is 32.2. The molecule has 1 aromatic carbocycles. The van der Waals surface area contributed by atoms with Gasteiger partial charge in [-0.2, -0.15) is 4.39 Å². The number of anilines is 2. The van der Waals surface area contributed by atoms with Gasteiger partial charge in [0.2, 0.25) is 16.0 Å². The Labute approximate surface area is 134 Å². The number of nitrogens with two attached hydrogens (primary N) is 1. The quantitative estimate of drug-likeness (QED) is 0.852. The largest absolute Gasteiger partial charge is 0.367 e. The summed E-state index contributed by atoms with van der Waals surface area (Å²) in [5.74, 6) is 0.0777. The van der Waals surface area contributed by atoms with E-state index in [1.807, 2.05) is 9.80 Å². The summed E-state index contributed by atoms with van der Waals surface area (Å²) < 4.78 is 36.6. The van der Waals surface area contributed by atoms with Crippen molar-refractivity contribution < 1.29 is 12.8 Å². The van der Waals surface area contributed by atoms with Crippen LogP contribution in [0.5, 0.6) is 0 Å². The fourth-order valence-corrected chi connectivity index (χ4v) is 3.47. The van der Waals surface area contributed by atoms with Crippen LogP contribution in [0.3, 0.4) is 0 Å². The lowest BCUT2D eigenvalue weighted by molar-refractivity contribution is 0.574. The number of rotatable bonds is 3. The van der Waals surface area contributed by atoms with Crippen molar-refractivity contribution in [3.8, 4) is 0 Å². The minimum Gasteiger partial charge on any atom is -0.367 e. The van der Waals surface area contributed by atoms with Crippen molar-refractivity contribution in [2.75, 3.05) is 36.0 Å². The number of hydrogen-bond donors (Lipinski definition) is 1. The zero-order valence-corrected chi connectivity index (χ0v) is 13.2. The summed E-state index contributed by atoms with van der Waals surface area (Å²) in [7, 11) is -3.77. The zero-order chi connectivity index (χ0) is 16.4. The van der Waals surface area contributed by atoms with Crippen LogP contribution >= 0.6 is 0 Å². The van der Waals surface area contributed by atoms with Gasteiger partial charge in [-0.25, -0.2) is 18.5 Å². The molecule has 2 N–H and O–H groups in total. The van der Waals surface area contributed by atoms with Gasteiger partial charge in [-0.15, -0.1) is 0 Å². The van der Waals surface area contributed by atoms with Crippen LogP contribution < -0.4 is 14.9 Å². The Morgan fingerprint density at radius 3 is 2.26 bits per heavy atom. The van der Waals surface area contributed by atoms with Crippen LogP contribution in [0, 0.1) is 5.95 Å². The van der Waals surface area contributed by atoms with Crippen molar-refractivity contribution in [1.29, 1.82) is 0 Å². The topological polar surface area (TPSA) is 79.5 Å². The first-order valence-corrected chi connectivity index (χ1v) is 8.74. The Hall–Kier alpha value is -2.19. The lowest BCUT2D eigenvalue weighted by atomic mass is 10.2. The average molecular weight is 336 g/mol. The molecule has 23 heavy (non-hydrogen) atoms. The van der Waals surface area contributed by atoms with Gasteiger partial charge in [0.1, 0.15) is 10.7 Å². The monoisotopic (exact) mass is 336 g/mol. The number of aromatic nitrogens is 1. The average Bonchev–Trinajstić information content (AvgIpc) is 2.54. The lowest BCUT2D eigenvalue weighted by Crippen LogP contribution is -2.47. The summed E-state index contributed by atoms with van der Waals surface area (Å²) in [6.07, 6.45) is 0. The van der Waals surface area contributed by atoms with Crippen molar-refractivity contribution in [3.05, 3.63) is 48.4 Å². The van der Waals surface area contributed by atoms with E-state index < -0.39 is 16.0 Å². The molecule has 1 fully saturated rings. The van der Waals surface area contributed by atoms with E-state index in [0.29, 0.717) is 37.7 Å². The Kier molecular flexibility index (Phi) is 4.18. The molecule has 0 bridgehead atoms. The molecule has 122 valence electrons. The third-order valence-corrected chi connectivity index (χ3v) is 4.77. The number of halogens is 1. The van der Waals surface area contributed by atoms with Gasteiger partial charge in [-0.3, -0.25) is 0 Å². The van der Waals surface area contributed by atoms with E-state index in [2.05, 4.69) is 4.98 Å². The van der Waals surface area contributed by atoms with Gasteiger partial charge in [0.25, 0.3) is 0 Å². The van der Waals surface area contributed by atoms with Crippen molar-refractivity contribution in [3.63, 3.8) is 0 Å². The van der Waals surface area contributed by atoms with Crippen LogP contribution in [0.1, 0.15) is 0 Å². The molecule has 2 heterocycles. The van der Waals surface area contributed by atoms with Gasteiger partial charge in [0.15, 0.2) is 0 Å². The first kappa shape index (κ1) is 15.7. The summed E-state index contributed by atoms with van der Waals surface area (Å²) in [5.41, 5.74) is 0.599. The maximum Gasteiger partial charge on any atom is 0.240 e. The molecule has 1 aromatic heterocycles. The Bertz CT molecular complexity index is 805. The number of primary sulfonamides is 1. The Morgan fingerprint density at radius 1 is 0.957 bits per heavy atom. The number of piperazine rings is 1. The molecule has 6 nitrogen and oxygen atoms in total. The van der Waals surface area contributed by atoms with Crippen molar-refractivity contribution in [2.45, 2.75) is 4.90 Å². The molecule has 0 amide bonds. The second kappa shape index (κ2) is 6.13. The van der Waals surface area contributed by atoms with Gasteiger partial charge in [-0.1, -0.05) is 18.2 Å². The summed E-state index contributed by atoms with van der Waals surface area (Å²) in [6.45, 7) is 2.44. The second-order valence-corrected chi connectivity index (χ2v) is 6.84. The number of pyridine rings is 1. The second-order valence-electron chi connectivity index (χ2n) is 5.31. The van der Waals surface area contributed by atoms with E-state index in [0.717, 1.165) is 0 Å². The summed E-state index contributed by atoms with van der Waals surface area (Å²) in [5, 5.41) is 5.28. The van der Waals surface area contributed by atoms with Gasteiger partial charge >= 0.3 is 0 Å². The number of hydrogen-bond acceptors (Lipinski definition) is 5. The number of para-hydroxylation sites is 1. The molecular weight excluding hydrogens is 319 g/mol. The van der Waals surface area contributed by atoms with Crippen LogP contribution in [0.25, 0.3) is 0 Å². The minimum atomic E-state index is -3.77. The van der Waals surface area contributed by atoms with Crippen molar-refractivity contribution in [1.82, 2.24) is 4.98 Å². The summed E-state index contributed by atoms with van der Waals surface area (Å²) >= 11 is 0. The van der Waals surface area contributed by atoms with Crippen molar-refractivity contribution in [2.24, 2.45) is 5.14 Å². The number of nitrogens with zero attached hydrogens (tertiary/aromatic N) is 3. The molecule has 0 radical (unpaired) electrons. The van der Waals surface area contributed by atoms with E-state index in [1.54, 1.807) is 30.3 Å². The SMILES string of the molecule is NS(=O)(=O)c1ccccc1N1CCN(c2cccc(F)n2)CC1. The predicted octanol–water partition coefficient (Wildman–Crippen LogP) is 1.19. The highest BCUT2D eigenvalue weighted by molar-refractivity contribution is 7.89. The fraction of sp³-hybridized carbons (Fsp3) is 0.267. The molecule has 0 saturated carbocycles. The van der Waals surface area contributed by atoms with Gasteiger partial charge < -0.3 is 9.80 Å². The van der Waals surface area contributed by atoms with E-state index in [-0.39, 0.29) is 4.90 Å². The smallest absolute Gasteiger partial charge is 0.240 e. The molecule has 3 rings (SSSR count). The third kappa shape index (κ3) is 3.43. The Morgan fingerprint density at radius 2 is 1.61 bits per heavy atom. The normalized spacial score (nSPS) is 15.7. The maximum atomic E-state index is 13.2. The van der Waals surface area contributed by atoms with Crippen LogP contribution in [0.15, 0.2) is 47.4 Å². The predicted molar refractivity (Wildman–Crippen MR) is 86.4 cm³/mol. The van der Waals surface area contributed by atoms with Crippen LogP contribution in [0.2, 0.25) is 0 Å². The maximum absolute atomic E-state index is 13.2. The fourth-order valence-electron chi connectivity index (χ4n) is 2.71. The molecular formula is C15H17FN4O2S. The molecule has 0 atom stereocenters. The summed E-state index contributed by atoms with van der Waals surface area (Å²) in [6, 6.07) is 11.4. The van der Waals surface area contributed by atoms with Gasteiger partial charge in [-0.05, 0) is 24.3 Å². The lowest BCUT2D eigenvalue weighted by Gasteiger charge is -2.37. The number of sulfonamides is 1. The molecule has 0 spiro atoms. The number of benzene rings is 1. The molecule has 0 aliphatic carbocycles. The standard InChI is InChI=1S/C15H17FN4O2S/c16-14-6-3-7-15(18-14)20-10-8-19(9-11-20)12-4-1-2-5-13(12)23(17,21)22/h1-7H,8-11H2,(H2,17,21,22). The highest BCUT2D eigenvalue weighted by Gasteiger charge is 2.23.